The van der Waals surface area contributed by atoms with E-state index in [0.29, 0.717) is 13.0 Å². The van der Waals surface area contributed by atoms with Gasteiger partial charge in [-0.3, -0.25) is 4.79 Å². The maximum atomic E-state index is 10.5. The van der Waals surface area contributed by atoms with Crippen molar-refractivity contribution in [3.8, 4) is 0 Å². The average molecular weight is 132 g/mol. The number of aliphatic hydroxyl groups is 1. The van der Waals surface area contributed by atoms with Gasteiger partial charge < -0.3 is 16.2 Å². The van der Waals surface area contributed by atoms with Crippen LogP contribution in [0.3, 0.4) is 0 Å². The van der Waals surface area contributed by atoms with E-state index in [1.54, 1.807) is 0 Å². The highest BCUT2D eigenvalue weighted by molar-refractivity contribution is 5.80. The Hall–Kier alpha value is -0.610. The minimum absolute atomic E-state index is 0.319. The molecular formula is C5H12N2O2. The molecule has 0 aromatic carbocycles. The minimum atomic E-state index is -0.944. The van der Waals surface area contributed by atoms with E-state index in [1.165, 1.54) is 7.05 Å². The summed E-state index contributed by atoms with van der Waals surface area (Å²) in [5.74, 6) is -0.375. The predicted octanol–water partition coefficient (Wildman–Crippen LogP) is -1.56. The lowest BCUT2D eigenvalue weighted by Crippen LogP contribution is -2.33. The van der Waals surface area contributed by atoms with Crippen molar-refractivity contribution >= 4 is 5.91 Å². The highest BCUT2D eigenvalue weighted by atomic mass is 16.3. The molecule has 0 aromatic heterocycles. The Morgan fingerprint density at radius 3 is 2.78 bits per heavy atom. The van der Waals surface area contributed by atoms with Crippen molar-refractivity contribution < 1.29 is 9.90 Å². The molecule has 0 fully saturated rings. The third-order valence-corrected chi connectivity index (χ3v) is 0.989. The smallest absolute Gasteiger partial charge is 0.248 e. The summed E-state index contributed by atoms with van der Waals surface area (Å²) in [6, 6.07) is 0. The molecule has 9 heavy (non-hydrogen) atoms. The van der Waals surface area contributed by atoms with Gasteiger partial charge in [0.2, 0.25) is 5.91 Å². The van der Waals surface area contributed by atoms with Crippen molar-refractivity contribution in [1.82, 2.24) is 5.32 Å². The third kappa shape index (κ3) is 3.05. The van der Waals surface area contributed by atoms with Crippen molar-refractivity contribution in [2.75, 3.05) is 13.6 Å². The number of carbonyl (C=O) groups excluding carboxylic acids is 1. The third-order valence-electron chi connectivity index (χ3n) is 0.989. The van der Waals surface area contributed by atoms with Crippen LogP contribution in [0.15, 0.2) is 0 Å². The lowest BCUT2D eigenvalue weighted by atomic mass is 10.2. The molecule has 0 heterocycles. The number of hydrogen-bond donors (Lipinski definition) is 3. The molecule has 0 bridgehead atoms. The molecule has 0 aliphatic carbocycles. The number of carbonyl (C=O) groups is 1. The van der Waals surface area contributed by atoms with Crippen LogP contribution in [0.4, 0.5) is 0 Å². The molecule has 4 N–H and O–H groups in total. The summed E-state index contributed by atoms with van der Waals surface area (Å²) in [6.07, 6.45) is -0.625. The standard InChI is InChI=1S/C5H12N2O2/c1-7-5(9)4(8)2-3-6/h4,8H,2-3,6H2,1H3,(H,7,9)/t4-/m0/s1. The van der Waals surface area contributed by atoms with Crippen LogP contribution in [0, 0.1) is 0 Å². The van der Waals surface area contributed by atoms with Gasteiger partial charge in [0.15, 0.2) is 0 Å². The van der Waals surface area contributed by atoms with E-state index >= 15 is 0 Å². The van der Waals surface area contributed by atoms with Gasteiger partial charge in [-0.1, -0.05) is 0 Å². The van der Waals surface area contributed by atoms with Crippen LogP contribution in [0.1, 0.15) is 6.42 Å². The lowest BCUT2D eigenvalue weighted by molar-refractivity contribution is -0.128. The van der Waals surface area contributed by atoms with Crippen LogP contribution >= 0.6 is 0 Å². The van der Waals surface area contributed by atoms with Gasteiger partial charge in [0, 0.05) is 7.05 Å². The second kappa shape index (κ2) is 4.29. The minimum Gasteiger partial charge on any atom is -0.383 e. The fourth-order valence-electron chi connectivity index (χ4n) is 0.456. The van der Waals surface area contributed by atoms with Gasteiger partial charge in [-0.2, -0.15) is 0 Å². The molecule has 0 saturated heterocycles. The summed E-state index contributed by atoms with van der Waals surface area (Å²) in [7, 11) is 1.47. The van der Waals surface area contributed by atoms with E-state index in [1.807, 2.05) is 0 Å². The molecule has 0 aromatic rings. The first kappa shape index (κ1) is 8.39. The quantitative estimate of drug-likeness (QED) is 0.435. The number of amides is 1. The second-order valence-corrected chi connectivity index (χ2v) is 1.71. The molecule has 0 aliphatic rings. The molecule has 54 valence electrons. The summed E-state index contributed by atoms with van der Waals surface area (Å²) in [5.41, 5.74) is 5.08. The number of nitrogens with two attached hydrogens (primary N) is 1. The van der Waals surface area contributed by atoms with E-state index in [0.717, 1.165) is 0 Å². The van der Waals surface area contributed by atoms with Crippen molar-refractivity contribution in [2.45, 2.75) is 12.5 Å². The van der Waals surface area contributed by atoms with Gasteiger partial charge >= 0.3 is 0 Å². The number of aliphatic hydroxyl groups excluding tert-OH is 1. The van der Waals surface area contributed by atoms with Gasteiger partial charge in [0.05, 0.1) is 0 Å². The van der Waals surface area contributed by atoms with Crippen molar-refractivity contribution in [3.05, 3.63) is 0 Å². The molecule has 4 nitrogen and oxygen atoms in total. The van der Waals surface area contributed by atoms with Gasteiger partial charge in [-0.05, 0) is 13.0 Å². The molecule has 1 amide bonds. The SMILES string of the molecule is CNC(=O)[C@@H](O)CCN. The van der Waals surface area contributed by atoms with Gasteiger partial charge in [-0.25, -0.2) is 0 Å². The molecule has 0 saturated carbocycles. The Morgan fingerprint density at radius 2 is 2.44 bits per heavy atom. The molecule has 0 spiro atoms. The molecule has 0 aliphatic heterocycles. The summed E-state index contributed by atoms with van der Waals surface area (Å²) >= 11 is 0. The highest BCUT2D eigenvalue weighted by Crippen LogP contribution is 1.86. The molecule has 0 rings (SSSR count). The number of hydrogen-bond acceptors (Lipinski definition) is 3. The zero-order valence-electron chi connectivity index (χ0n) is 5.42. The Morgan fingerprint density at radius 1 is 1.89 bits per heavy atom. The fraction of sp³-hybridized carbons (Fsp3) is 0.800. The molecule has 1 atom stereocenters. The van der Waals surface area contributed by atoms with Crippen molar-refractivity contribution in [3.63, 3.8) is 0 Å². The van der Waals surface area contributed by atoms with Crippen molar-refractivity contribution in [1.29, 1.82) is 0 Å². The van der Waals surface area contributed by atoms with Crippen LogP contribution in [0.25, 0.3) is 0 Å². The summed E-state index contributed by atoms with van der Waals surface area (Å²) < 4.78 is 0. The Labute approximate surface area is 54.0 Å². The summed E-state index contributed by atoms with van der Waals surface area (Å²) in [6.45, 7) is 0.328. The zero-order chi connectivity index (χ0) is 7.28. The monoisotopic (exact) mass is 132 g/mol. The Balaban J connectivity index is 3.45. The van der Waals surface area contributed by atoms with Crippen LogP contribution in [0.2, 0.25) is 0 Å². The molecular weight excluding hydrogens is 120 g/mol. The van der Waals surface area contributed by atoms with E-state index in [9.17, 15) is 4.79 Å². The number of likely N-dealkylation sites (N-methyl/N-ethyl adjacent to an activating group) is 1. The van der Waals surface area contributed by atoms with E-state index in [-0.39, 0.29) is 5.91 Å². The van der Waals surface area contributed by atoms with Gasteiger partial charge in [0.1, 0.15) is 6.10 Å². The second-order valence-electron chi connectivity index (χ2n) is 1.71. The zero-order valence-corrected chi connectivity index (χ0v) is 5.42. The van der Waals surface area contributed by atoms with Gasteiger partial charge in [-0.15, -0.1) is 0 Å². The summed E-state index contributed by atoms with van der Waals surface area (Å²) in [5, 5.41) is 11.1. The lowest BCUT2D eigenvalue weighted by Gasteiger charge is -2.05. The Kier molecular flexibility index (Phi) is 4.00. The van der Waals surface area contributed by atoms with Gasteiger partial charge in [0.25, 0.3) is 0 Å². The maximum absolute atomic E-state index is 10.5. The van der Waals surface area contributed by atoms with Crippen LogP contribution < -0.4 is 11.1 Å². The normalized spacial score (nSPS) is 12.8. The van der Waals surface area contributed by atoms with Crippen molar-refractivity contribution in [2.24, 2.45) is 5.73 Å². The number of nitrogens with one attached hydrogen (secondary N) is 1. The van der Waals surface area contributed by atoms with E-state index in [2.05, 4.69) is 5.32 Å². The topological polar surface area (TPSA) is 75.3 Å². The van der Waals surface area contributed by atoms with Crippen LogP contribution in [0.5, 0.6) is 0 Å². The first-order valence-corrected chi connectivity index (χ1v) is 2.82. The first-order chi connectivity index (χ1) is 4.22. The average Bonchev–Trinajstić information content (AvgIpc) is 1.87. The predicted molar refractivity (Wildman–Crippen MR) is 33.7 cm³/mol. The maximum Gasteiger partial charge on any atom is 0.248 e. The summed E-state index contributed by atoms with van der Waals surface area (Å²) in [4.78, 5) is 10.5. The highest BCUT2D eigenvalue weighted by Gasteiger charge is 2.10. The molecule has 4 heteroatoms. The molecule has 0 unspecified atom stereocenters. The fourth-order valence-corrected chi connectivity index (χ4v) is 0.456. The van der Waals surface area contributed by atoms with Crippen LogP contribution in [-0.2, 0) is 4.79 Å². The Bertz CT molecular complexity index is 95.0. The largest absolute Gasteiger partial charge is 0.383 e. The first-order valence-electron chi connectivity index (χ1n) is 2.82. The van der Waals surface area contributed by atoms with E-state index < -0.39 is 6.10 Å². The number of rotatable bonds is 3. The van der Waals surface area contributed by atoms with Crippen LogP contribution in [-0.4, -0.2) is 30.7 Å². The molecule has 0 radical (unpaired) electrons. The van der Waals surface area contributed by atoms with E-state index in [4.69, 9.17) is 10.8 Å².